The zero-order chi connectivity index (χ0) is 12.1. The molecule has 0 aliphatic heterocycles. The highest BCUT2D eigenvalue weighted by atomic mass is 35.5. The lowest BCUT2D eigenvalue weighted by Gasteiger charge is -2.11. The Labute approximate surface area is 100 Å². The van der Waals surface area contributed by atoms with Gasteiger partial charge in [0.15, 0.2) is 0 Å². The number of carbonyl (C=O) groups excluding carboxylic acids is 1. The van der Waals surface area contributed by atoms with Crippen molar-refractivity contribution >= 4 is 28.9 Å². The van der Waals surface area contributed by atoms with Gasteiger partial charge >= 0.3 is 0 Å². The summed E-state index contributed by atoms with van der Waals surface area (Å²) in [6.45, 7) is 4.65. The second-order valence-corrected chi connectivity index (χ2v) is 3.90. The smallest absolute Gasteiger partial charge is 0.239 e. The molecule has 88 valence electrons. The van der Waals surface area contributed by atoms with Gasteiger partial charge in [-0.25, -0.2) is 0 Å². The van der Waals surface area contributed by atoms with Gasteiger partial charge in [0.1, 0.15) is 0 Å². The first-order valence-electron chi connectivity index (χ1n) is 5.10. The molecule has 0 radical (unpaired) electrons. The highest BCUT2D eigenvalue weighted by Gasteiger charge is 2.05. The van der Waals surface area contributed by atoms with Gasteiger partial charge in [0, 0.05) is 12.2 Å². The summed E-state index contributed by atoms with van der Waals surface area (Å²) in [5.74, 6) is -0.0464. The number of hydrogen-bond donors (Lipinski definition) is 3. The van der Waals surface area contributed by atoms with E-state index in [1.54, 1.807) is 12.1 Å². The minimum absolute atomic E-state index is 0.0464. The molecule has 0 bridgehead atoms. The predicted octanol–water partition coefficient (Wildman–Crippen LogP) is 1.78. The van der Waals surface area contributed by atoms with Crippen LogP contribution in [0.5, 0.6) is 0 Å². The molecule has 0 spiro atoms. The van der Waals surface area contributed by atoms with E-state index in [1.165, 1.54) is 0 Å². The lowest BCUT2D eigenvalue weighted by atomic mass is 10.2. The number of benzene rings is 1. The Bertz CT molecular complexity index is 393. The molecule has 16 heavy (non-hydrogen) atoms. The fourth-order valence-electron chi connectivity index (χ4n) is 1.33. The number of anilines is 2. The molecular weight excluding hydrogens is 226 g/mol. The van der Waals surface area contributed by atoms with E-state index in [1.807, 2.05) is 13.8 Å². The van der Waals surface area contributed by atoms with Crippen LogP contribution in [0.1, 0.15) is 12.5 Å². The molecule has 0 heterocycles. The van der Waals surface area contributed by atoms with Crippen molar-refractivity contribution in [1.82, 2.24) is 5.32 Å². The summed E-state index contributed by atoms with van der Waals surface area (Å²) in [4.78, 5) is 11.2. The maximum absolute atomic E-state index is 11.2. The van der Waals surface area contributed by atoms with E-state index < -0.39 is 0 Å². The first-order chi connectivity index (χ1) is 7.54. The van der Waals surface area contributed by atoms with Crippen LogP contribution in [0.15, 0.2) is 12.1 Å². The van der Waals surface area contributed by atoms with E-state index in [9.17, 15) is 4.79 Å². The third-order valence-electron chi connectivity index (χ3n) is 2.16. The highest BCUT2D eigenvalue weighted by Crippen LogP contribution is 2.26. The van der Waals surface area contributed by atoms with E-state index in [4.69, 9.17) is 17.3 Å². The Morgan fingerprint density at radius 2 is 2.19 bits per heavy atom. The second kappa shape index (κ2) is 5.61. The molecule has 0 fully saturated rings. The summed E-state index contributed by atoms with van der Waals surface area (Å²) in [6.07, 6.45) is 0. The minimum Gasteiger partial charge on any atom is -0.398 e. The number of rotatable bonds is 4. The lowest BCUT2D eigenvalue weighted by Crippen LogP contribution is -2.29. The first kappa shape index (κ1) is 12.6. The van der Waals surface area contributed by atoms with Crippen molar-refractivity contribution in [3.63, 3.8) is 0 Å². The van der Waals surface area contributed by atoms with Gasteiger partial charge in [0.25, 0.3) is 0 Å². The molecule has 0 aliphatic carbocycles. The molecule has 4 nitrogen and oxygen atoms in total. The molecule has 1 aromatic rings. The number of aryl methyl sites for hydroxylation is 1. The van der Waals surface area contributed by atoms with Gasteiger partial charge in [-0.3, -0.25) is 4.79 Å². The number of nitrogens with two attached hydrogens (primary N) is 1. The second-order valence-electron chi connectivity index (χ2n) is 3.50. The molecule has 0 unspecified atom stereocenters. The average Bonchev–Trinajstić information content (AvgIpc) is 2.22. The Hall–Kier alpha value is -1.42. The minimum atomic E-state index is -0.0464. The van der Waals surface area contributed by atoms with Crippen LogP contribution >= 0.6 is 11.6 Å². The van der Waals surface area contributed by atoms with Crippen molar-refractivity contribution in [2.45, 2.75) is 13.8 Å². The zero-order valence-corrected chi connectivity index (χ0v) is 10.2. The Balaban J connectivity index is 2.67. The third-order valence-corrected chi connectivity index (χ3v) is 2.48. The molecule has 0 saturated heterocycles. The van der Waals surface area contributed by atoms with Gasteiger partial charge < -0.3 is 16.4 Å². The van der Waals surface area contributed by atoms with Crippen LogP contribution in [0, 0.1) is 6.92 Å². The van der Waals surface area contributed by atoms with Crippen molar-refractivity contribution in [3.8, 4) is 0 Å². The van der Waals surface area contributed by atoms with Crippen LogP contribution in [0.25, 0.3) is 0 Å². The molecule has 1 rings (SSSR count). The molecule has 0 aliphatic rings. The highest BCUT2D eigenvalue weighted by molar-refractivity contribution is 6.33. The molecule has 0 saturated carbocycles. The maximum atomic E-state index is 11.2. The van der Waals surface area contributed by atoms with Crippen LogP contribution in [0.2, 0.25) is 5.02 Å². The fraction of sp³-hybridized carbons (Fsp3) is 0.364. The van der Waals surface area contributed by atoms with Gasteiger partial charge in [-0.15, -0.1) is 0 Å². The largest absolute Gasteiger partial charge is 0.398 e. The molecular formula is C11H16ClN3O. The summed E-state index contributed by atoms with van der Waals surface area (Å²) in [6, 6.07) is 3.51. The van der Waals surface area contributed by atoms with Crippen molar-refractivity contribution in [2.24, 2.45) is 0 Å². The molecule has 0 aromatic heterocycles. The SMILES string of the molecule is CCNC(=O)CNc1cc(Cl)c(N)cc1C. The topological polar surface area (TPSA) is 67.2 Å². The molecule has 4 N–H and O–H groups in total. The number of halogens is 1. The molecule has 0 atom stereocenters. The van der Waals surface area contributed by atoms with Crippen LogP contribution in [0.4, 0.5) is 11.4 Å². The number of likely N-dealkylation sites (N-methyl/N-ethyl adjacent to an activating group) is 1. The summed E-state index contributed by atoms with van der Waals surface area (Å²) in [5.41, 5.74) is 7.99. The standard InChI is InChI=1S/C11H16ClN3O/c1-3-14-11(16)6-15-10-5-8(12)9(13)4-7(10)2/h4-5,15H,3,6,13H2,1-2H3,(H,14,16). The van der Waals surface area contributed by atoms with Crippen molar-refractivity contribution < 1.29 is 4.79 Å². The van der Waals surface area contributed by atoms with Gasteiger partial charge in [-0.05, 0) is 31.5 Å². The van der Waals surface area contributed by atoms with Crippen LogP contribution < -0.4 is 16.4 Å². The Morgan fingerprint density at radius 3 is 2.81 bits per heavy atom. The summed E-state index contributed by atoms with van der Waals surface area (Å²) >= 11 is 5.90. The fourth-order valence-corrected chi connectivity index (χ4v) is 1.49. The van der Waals surface area contributed by atoms with Gasteiger partial charge in [0.05, 0.1) is 17.3 Å². The van der Waals surface area contributed by atoms with Gasteiger partial charge in [-0.1, -0.05) is 11.6 Å². The van der Waals surface area contributed by atoms with Crippen molar-refractivity contribution in [3.05, 3.63) is 22.7 Å². The number of hydrogen-bond acceptors (Lipinski definition) is 3. The van der Waals surface area contributed by atoms with Crippen LogP contribution in [0.3, 0.4) is 0 Å². The van der Waals surface area contributed by atoms with E-state index >= 15 is 0 Å². The number of amides is 1. The summed E-state index contributed by atoms with van der Waals surface area (Å²) in [7, 11) is 0. The van der Waals surface area contributed by atoms with Crippen molar-refractivity contribution in [2.75, 3.05) is 24.1 Å². The van der Waals surface area contributed by atoms with E-state index in [2.05, 4.69) is 10.6 Å². The number of nitrogen functional groups attached to an aromatic ring is 1. The molecule has 5 heteroatoms. The van der Waals surface area contributed by atoms with E-state index in [-0.39, 0.29) is 12.5 Å². The Kier molecular flexibility index (Phi) is 4.43. The number of nitrogens with one attached hydrogen (secondary N) is 2. The maximum Gasteiger partial charge on any atom is 0.239 e. The number of carbonyl (C=O) groups is 1. The Morgan fingerprint density at radius 1 is 1.50 bits per heavy atom. The normalized spacial score (nSPS) is 9.94. The zero-order valence-electron chi connectivity index (χ0n) is 9.43. The summed E-state index contributed by atoms with van der Waals surface area (Å²) in [5, 5.41) is 6.21. The monoisotopic (exact) mass is 241 g/mol. The average molecular weight is 242 g/mol. The summed E-state index contributed by atoms with van der Waals surface area (Å²) < 4.78 is 0. The lowest BCUT2D eigenvalue weighted by molar-refractivity contribution is -0.119. The van der Waals surface area contributed by atoms with Gasteiger partial charge in [0.2, 0.25) is 5.91 Å². The van der Waals surface area contributed by atoms with E-state index in [0.717, 1.165) is 11.3 Å². The molecule has 1 aromatic carbocycles. The van der Waals surface area contributed by atoms with Gasteiger partial charge in [-0.2, -0.15) is 0 Å². The molecule has 1 amide bonds. The predicted molar refractivity (Wildman–Crippen MR) is 67.8 cm³/mol. The first-order valence-corrected chi connectivity index (χ1v) is 5.48. The quantitative estimate of drug-likeness (QED) is 0.704. The third kappa shape index (κ3) is 3.31. The van der Waals surface area contributed by atoms with Crippen LogP contribution in [-0.2, 0) is 4.79 Å². The van der Waals surface area contributed by atoms with E-state index in [0.29, 0.717) is 17.3 Å². The van der Waals surface area contributed by atoms with Crippen LogP contribution in [-0.4, -0.2) is 19.0 Å². The van der Waals surface area contributed by atoms with Crippen molar-refractivity contribution in [1.29, 1.82) is 0 Å².